The van der Waals surface area contributed by atoms with Gasteiger partial charge in [0.25, 0.3) is 0 Å². The highest BCUT2D eigenvalue weighted by Crippen LogP contribution is 2.66. The molecule has 0 aromatic heterocycles. The minimum absolute atomic E-state index is 0.0352. The number of carbonyl (C=O) groups excluding carboxylic acids is 1. The summed E-state index contributed by atoms with van der Waals surface area (Å²) in [6, 6.07) is 0. The van der Waals surface area contributed by atoms with E-state index in [1.807, 2.05) is 0 Å². The van der Waals surface area contributed by atoms with Gasteiger partial charge in [-0.2, -0.15) is 0 Å². The zero-order chi connectivity index (χ0) is 16.6. The molecule has 0 amide bonds. The summed E-state index contributed by atoms with van der Waals surface area (Å²) in [6.45, 7) is 1.71. The van der Waals surface area contributed by atoms with Gasteiger partial charge < -0.3 is 30.3 Å². The first kappa shape index (κ1) is 15.9. The van der Waals surface area contributed by atoms with E-state index in [9.17, 15) is 30.3 Å². The lowest BCUT2D eigenvalue weighted by molar-refractivity contribution is -0.268. The molecule has 22 heavy (non-hydrogen) atoms. The van der Waals surface area contributed by atoms with Crippen LogP contribution >= 0.6 is 0 Å². The molecule has 124 valence electrons. The minimum atomic E-state index is -1.72. The quantitative estimate of drug-likeness (QED) is 0.309. The fourth-order valence-electron chi connectivity index (χ4n) is 4.64. The highest BCUT2D eigenvalue weighted by atomic mass is 16.6. The first-order valence-electron chi connectivity index (χ1n) is 7.37. The second kappa shape index (κ2) is 4.30. The number of carbonyl (C=O) groups is 1. The molecule has 1 spiro atoms. The van der Waals surface area contributed by atoms with Crippen LogP contribution in [0.3, 0.4) is 0 Å². The van der Waals surface area contributed by atoms with Crippen molar-refractivity contribution in [2.45, 2.75) is 50.1 Å². The lowest BCUT2D eigenvalue weighted by atomic mass is 9.47. The van der Waals surface area contributed by atoms with E-state index in [1.165, 1.54) is 13.8 Å². The Bertz CT molecular complexity index is 546. The van der Waals surface area contributed by atoms with E-state index in [0.29, 0.717) is 5.57 Å². The summed E-state index contributed by atoms with van der Waals surface area (Å²) in [5.74, 6) is -0.908. The molecule has 1 saturated heterocycles. The summed E-state index contributed by atoms with van der Waals surface area (Å²) in [6.07, 6.45) is -0.852. The average Bonchev–Trinajstić information content (AvgIpc) is 2.71. The average molecular weight is 314 g/mol. The van der Waals surface area contributed by atoms with Crippen molar-refractivity contribution in [1.29, 1.82) is 0 Å². The molecule has 1 saturated carbocycles. The largest absolute Gasteiger partial charge is 0.457 e. The van der Waals surface area contributed by atoms with Crippen molar-refractivity contribution in [2.24, 2.45) is 10.8 Å². The molecule has 0 aromatic carbocycles. The highest BCUT2D eigenvalue weighted by Gasteiger charge is 2.75. The van der Waals surface area contributed by atoms with E-state index in [0.717, 1.165) is 0 Å². The third kappa shape index (κ3) is 1.42. The number of rotatable bonds is 2. The molecule has 0 radical (unpaired) electrons. The standard InChI is InChI=1S/C15H22O7/c1-12(20)4-3-8-14(6-16,7-17)13(2,21)9-5-15(8,12)10(18)11(19)22-9/h3,9-10,16-18,20-21H,4-7H2,1-2H3. The molecular formula is C15H22O7. The Morgan fingerprint density at radius 2 is 1.86 bits per heavy atom. The maximum Gasteiger partial charge on any atom is 0.336 e. The normalized spacial score (nSPS) is 49.4. The van der Waals surface area contributed by atoms with Crippen molar-refractivity contribution in [2.75, 3.05) is 13.2 Å². The predicted octanol–water partition coefficient (Wildman–Crippen LogP) is -1.53. The molecule has 2 aliphatic carbocycles. The Kier molecular flexibility index (Phi) is 3.11. The molecule has 3 rings (SSSR count). The van der Waals surface area contributed by atoms with Gasteiger partial charge in [-0.05, 0) is 25.8 Å². The minimum Gasteiger partial charge on any atom is -0.457 e. The lowest BCUT2D eigenvalue weighted by Gasteiger charge is -2.63. The van der Waals surface area contributed by atoms with Gasteiger partial charge in [0.05, 0.1) is 29.6 Å². The van der Waals surface area contributed by atoms with Crippen molar-refractivity contribution < 1.29 is 35.1 Å². The second-order valence-corrected chi connectivity index (χ2v) is 7.15. The van der Waals surface area contributed by atoms with Crippen LogP contribution in [-0.4, -0.2) is 68.1 Å². The second-order valence-electron chi connectivity index (χ2n) is 7.15. The molecule has 1 aliphatic heterocycles. The summed E-state index contributed by atoms with van der Waals surface area (Å²) in [7, 11) is 0. The number of aliphatic hydroxyl groups is 5. The van der Waals surface area contributed by atoms with Crippen molar-refractivity contribution in [3.63, 3.8) is 0 Å². The number of fused-ring (bicyclic) bond motifs is 1. The number of esters is 1. The summed E-state index contributed by atoms with van der Waals surface area (Å²) in [5.41, 5.74) is -5.70. The topological polar surface area (TPSA) is 127 Å². The molecule has 5 atom stereocenters. The van der Waals surface area contributed by atoms with Crippen LogP contribution in [0.15, 0.2) is 11.6 Å². The maximum atomic E-state index is 12.1. The molecule has 1 heterocycles. The monoisotopic (exact) mass is 314 g/mol. The van der Waals surface area contributed by atoms with E-state index >= 15 is 0 Å². The van der Waals surface area contributed by atoms with Crippen molar-refractivity contribution in [3.05, 3.63) is 11.6 Å². The fourth-order valence-corrected chi connectivity index (χ4v) is 4.64. The summed E-state index contributed by atoms with van der Waals surface area (Å²) >= 11 is 0. The van der Waals surface area contributed by atoms with Gasteiger partial charge in [0.15, 0.2) is 6.10 Å². The molecule has 2 fully saturated rings. The molecule has 5 unspecified atom stereocenters. The molecule has 3 aliphatic rings. The van der Waals surface area contributed by atoms with Crippen molar-refractivity contribution in [1.82, 2.24) is 0 Å². The molecule has 2 bridgehead atoms. The van der Waals surface area contributed by atoms with Crippen molar-refractivity contribution in [3.8, 4) is 0 Å². The fraction of sp³-hybridized carbons (Fsp3) is 0.800. The van der Waals surface area contributed by atoms with Crippen LogP contribution in [0.25, 0.3) is 0 Å². The van der Waals surface area contributed by atoms with Gasteiger partial charge in [0.2, 0.25) is 0 Å². The Morgan fingerprint density at radius 3 is 2.41 bits per heavy atom. The van der Waals surface area contributed by atoms with Crippen LogP contribution < -0.4 is 0 Å². The zero-order valence-electron chi connectivity index (χ0n) is 12.6. The van der Waals surface area contributed by atoms with Crippen LogP contribution in [0.5, 0.6) is 0 Å². The van der Waals surface area contributed by atoms with Gasteiger partial charge in [-0.25, -0.2) is 4.79 Å². The maximum absolute atomic E-state index is 12.1. The van der Waals surface area contributed by atoms with E-state index in [2.05, 4.69) is 0 Å². The van der Waals surface area contributed by atoms with E-state index in [4.69, 9.17) is 4.74 Å². The van der Waals surface area contributed by atoms with Crippen LogP contribution in [0.2, 0.25) is 0 Å². The molecule has 0 aromatic rings. The first-order chi connectivity index (χ1) is 10.1. The predicted molar refractivity (Wildman–Crippen MR) is 73.5 cm³/mol. The van der Waals surface area contributed by atoms with Gasteiger partial charge in [-0.3, -0.25) is 0 Å². The number of hydrogen-bond acceptors (Lipinski definition) is 7. The summed E-state index contributed by atoms with van der Waals surface area (Å²) in [5, 5.41) is 52.0. The van der Waals surface area contributed by atoms with Gasteiger partial charge in [-0.15, -0.1) is 0 Å². The first-order valence-corrected chi connectivity index (χ1v) is 7.37. The van der Waals surface area contributed by atoms with E-state index in [1.54, 1.807) is 6.08 Å². The Hall–Kier alpha value is -0.990. The molecule has 7 nitrogen and oxygen atoms in total. The van der Waals surface area contributed by atoms with Crippen LogP contribution in [0, 0.1) is 10.8 Å². The van der Waals surface area contributed by atoms with E-state index in [-0.39, 0.29) is 12.8 Å². The Labute approximate surface area is 127 Å². The van der Waals surface area contributed by atoms with Gasteiger partial charge in [0, 0.05) is 6.42 Å². The number of hydrogen-bond donors (Lipinski definition) is 5. The summed E-state index contributed by atoms with van der Waals surface area (Å²) in [4.78, 5) is 12.1. The van der Waals surface area contributed by atoms with E-state index < -0.39 is 53.4 Å². The van der Waals surface area contributed by atoms with Crippen LogP contribution in [-0.2, 0) is 9.53 Å². The number of aliphatic hydroxyl groups excluding tert-OH is 3. The van der Waals surface area contributed by atoms with Crippen LogP contribution in [0.4, 0.5) is 0 Å². The van der Waals surface area contributed by atoms with Crippen molar-refractivity contribution >= 4 is 5.97 Å². The van der Waals surface area contributed by atoms with Gasteiger partial charge in [0.1, 0.15) is 11.7 Å². The molecule has 5 N–H and O–H groups in total. The number of ether oxygens (including phenoxy) is 1. The highest BCUT2D eigenvalue weighted by molar-refractivity contribution is 5.79. The smallest absolute Gasteiger partial charge is 0.336 e. The third-order valence-electron chi connectivity index (χ3n) is 6.25. The zero-order valence-corrected chi connectivity index (χ0v) is 12.6. The molecular weight excluding hydrogens is 292 g/mol. The summed E-state index contributed by atoms with van der Waals surface area (Å²) < 4.78 is 5.14. The van der Waals surface area contributed by atoms with Gasteiger partial charge in [-0.1, -0.05) is 6.08 Å². The van der Waals surface area contributed by atoms with Crippen LogP contribution in [0.1, 0.15) is 26.7 Å². The SMILES string of the molecule is CC1(O)CC=C2C(CO)(CO)C(C)(O)C3CC21C(O)C(=O)O3. The Morgan fingerprint density at radius 1 is 1.27 bits per heavy atom. The van der Waals surface area contributed by atoms with Gasteiger partial charge >= 0.3 is 5.97 Å². The lowest BCUT2D eigenvalue weighted by Crippen LogP contribution is -2.74. The Balaban J connectivity index is 2.30. The molecule has 7 heteroatoms. The third-order valence-corrected chi connectivity index (χ3v) is 6.25.